The van der Waals surface area contributed by atoms with Gasteiger partial charge in [-0.15, -0.1) is 23.2 Å². The summed E-state index contributed by atoms with van der Waals surface area (Å²) in [4.78, 5) is 59.5. The van der Waals surface area contributed by atoms with E-state index in [-0.39, 0.29) is 111 Å². The number of halogens is 2. The highest BCUT2D eigenvalue weighted by molar-refractivity contribution is 6.40. The molecule has 8 aromatic rings. The fourth-order valence-electron chi connectivity index (χ4n) is 13.7. The molecule has 0 saturated heterocycles. The van der Waals surface area contributed by atoms with Crippen molar-refractivity contribution >= 4 is 68.3 Å². The Bertz CT molecular complexity index is 3940. The predicted octanol–water partition coefficient (Wildman–Crippen LogP) is 14.7. The monoisotopic (exact) mass is 1500 g/mol. The first-order chi connectivity index (χ1) is 51.8. The van der Waals surface area contributed by atoms with Crippen LogP contribution in [0.4, 0.5) is 0 Å². The molecule has 2 saturated carbocycles. The Balaban J connectivity index is 0.000000260. The van der Waals surface area contributed by atoms with Crippen molar-refractivity contribution < 1.29 is 68.8 Å². The third kappa shape index (κ3) is 27.5. The molecule has 2 unspecified atom stereocenters. The molecule has 8 N–H and O–H groups in total. The second kappa shape index (κ2) is 44.5. The number of Topliss-reactive ketones (excluding diaryl/α,β-unsaturated/α-hetero) is 2. The average molecular weight is 1500 g/mol. The van der Waals surface area contributed by atoms with Crippen molar-refractivity contribution in [1.82, 2.24) is 9.97 Å². The minimum Gasteiger partial charge on any atom is -0.491 e. The minimum absolute atomic E-state index is 0.0494. The molecule has 10 rings (SSSR count). The number of allylic oxidation sites excluding steroid dienone is 4. The van der Waals surface area contributed by atoms with Crippen molar-refractivity contribution in [1.29, 1.82) is 0 Å². The largest absolute Gasteiger partial charge is 0.491 e. The van der Waals surface area contributed by atoms with Gasteiger partial charge in [-0.3, -0.25) is 29.1 Å². The minimum atomic E-state index is -0.842. The molecule has 0 spiro atoms. The third-order valence-electron chi connectivity index (χ3n) is 19.6. The van der Waals surface area contributed by atoms with Gasteiger partial charge < -0.3 is 55.3 Å². The zero-order valence-corrected chi connectivity index (χ0v) is 62.8. The first-order valence-corrected chi connectivity index (χ1v) is 38.0. The third-order valence-corrected chi connectivity index (χ3v) is 19.6. The van der Waals surface area contributed by atoms with E-state index in [1.54, 1.807) is 42.9 Å². The number of hydrogen-bond acceptors (Lipinski definition) is 17. The van der Waals surface area contributed by atoms with E-state index in [9.17, 15) is 49.8 Å². The van der Waals surface area contributed by atoms with E-state index in [0.29, 0.717) is 75.7 Å². The van der Waals surface area contributed by atoms with Crippen LogP contribution in [0.25, 0.3) is 21.5 Å². The molecule has 2 heterocycles. The fourth-order valence-corrected chi connectivity index (χ4v) is 13.7. The van der Waals surface area contributed by atoms with Gasteiger partial charge in [0.1, 0.15) is 61.7 Å². The zero-order valence-electron chi connectivity index (χ0n) is 61.3. The van der Waals surface area contributed by atoms with Gasteiger partial charge in [0.25, 0.3) is 0 Å². The smallest absolute Gasteiger partial charge is 0.306 e. The van der Waals surface area contributed by atoms with Crippen LogP contribution in [0.3, 0.4) is 0 Å². The number of esters is 2. The van der Waals surface area contributed by atoms with Gasteiger partial charge in [-0.1, -0.05) is 165 Å². The van der Waals surface area contributed by atoms with Crippen LogP contribution in [-0.2, 0) is 54.7 Å². The number of nitrogens with two attached hydrogens (primary N) is 1. The first-order valence-electron chi connectivity index (χ1n) is 37.0. The number of rotatable bonds is 36. The van der Waals surface area contributed by atoms with Gasteiger partial charge in [0.2, 0.25) is 0 Å². The molecule has 17 nitrogen and oxygen atoms in total. The summed E-state index contributed by atoms with van der Waals surface area (Å²) in [5.74, 6) is -0.500. The lowest BCUT2D eigenvalue weighted by atomic mass is 9.88. The van der Waals surface area contributed by atoms with Crippen molar-refractivity contribution in [3.05, 3.63) is 263 Å². The Labute approximate surface area is 638 Å². The molecule has 0 radical (unpaired) electrons. The van der Waals surface area contributed by atoms with E-state index in [0.717, 1.165) is 66.1 Å². The van der Waals surface area contributed by atoms with E-state index in [2.05, 4.69) is 16.0 Å². The molecule has 107 heavy (non-hydrogen) atoms. The number of carbonyl (C=O) groups excluding carboxylic acids is 4. The number of aliphatic hydroxyl groups is 6. The second-order valence-electron chi connectivity index (χ2n) is 27.6. The van der Waals surface area contributed by atoms with Gasteiger partial charge in [-0.25, -0.2) is 0 Å². The van der Waals surface area contributed by atoms with E-state index in [1.807, 2.05) is 191 Å². The van der Waals surface area contributed by atoms with E-state index in [4.69, 9.17) is 47.9 Å². The summed E-state index contributed by atoms with van der Waals surface area (Å²) in [7, 11) is 0. The van der Waals surface area contributed by atoms with E-state index in [1.165, 1.54) is 0 Å². The van der Waals surface area contributed by atoms with Crippen molar-refractivity contribution in [2.75, 3.05) is 25.1 Å². The molecular formula is C88H103Cl2N3O14. The molecule has 568 valence electrons. The van der Waals surface area contributed by atoms with Crippen LogP contribution in [0.5, 0.6) is 11.5 Å². The van der Waals surface area contributed by atoms with Crippen LogP contribution in [0.15, 0.2) is 219 Å². The lowest BCUT2D eigenvalue weighted by Gasteiger charge is -2.19. The standard InChI is InChI=1S/C44H51NO7.C43H50N2O7.CH2Cl2/c1-3-38(41(47)25-32-15-18-35-27-45-22-21-34(35)24-32)33-16-13-31(14-17-33)28-52-44(50)12-7-5-4-6-11-39-40(43(49)26-42(39)48)20-19-36(46)29-51-37-10-8-9-30(2)23-37;1-29-7-6-8-36(21-29)51-28-35(46)17-18-38-37(41(48)24-42(38)49)9-4-2-3-5-10-43(50)52-27-30-11-14-32(15-12-30)39(25-44)40(47)23-31-13-16-34-26-45-20-19-33(34)22-31;2-1-3/h4,6,8-10,13-24,27,36,38-40,42-43,46,48-49H,3,5,7,11-12,25-26,28-29H2,1-2H3;2,4,6-8,11-22,26,35,37-39,41-42,46,48-49H,3,5,9-10,23-25,27-28,44H2,1H3;1H2/b6-4-,20-19+;4-2-,18-17+;/t36-,38?,39-,40-,42+,43-;35-,37-,38-,39?,41+,42-;/m11./s1. The summed E-state index contributed by atoms with van der Waals surface area (Å²) in [5, 5.41) is 67.4. The Morgan fingerprint density at radius 3 is 1.35 bits per heavy atom. The highest BCUT2D eigenvalue weighted by atomic mass is 35.5. The number of benzene rings is 6. The maximum atomic E-state index is 13.2. The van der Waals surface area contributed by atoms with Crippen LogP contribution < -0.4 is 15.2 Å². The summed E-state index contributed by atoms with van der Waals surface area (Å²) >= 11 is 9.53. The van der Waals surface area contributed by atoms with E-state index >= 15 is 0 Å². The lowest BCUT2D eigenvalue weighted by molar-refractivity contribution is -0.145. The molecule has 0 bridgehead atoms. The highest BCUT2D eigenvalue weighted by Crippen LogP contribution is 2.38. The highest BCUT2D eigenvalue weighted by Gasteiger charge is 2.40. The normalized spacial score (nSPS) is 19.6. The maximum absolute atomic E-state index is 13.2. The Kier molecular flexibility index (Phi) is 34.9. The molecule has 6 aromatic carbocycles. The molecule has 0 aliphatic heterocycles. The molecule has 2 aromatic heterocycles. The molecule has 12 atom stereocenters. The topological polar surface area (TPSA) is 278 Å². The second-order valence-corrected chi connectivity index (χ2v) is 28.4. The number of ketones is 2. The quantitative estimate of drug-likeness (QED) is 0.00832. The number of pyridine rings is 2. The lowest BCUT2D eigenvalue weighted by Crippen LogP contribution is -2.23. The number of fused-ring (bicyclic) bond motifs is 2. The number of nitrogens with zero attached hydrogens (tertiary/aromatic N) is 2. The summed E-state index contributed by atoms with van der Waals surface area (Å²) < 4.78 is 22.3. The number of carbonyl (C=O) groups is 4. The van der Waals surface area contributed by atoms with Crippen LogP contribution in [0.2, 0.25) is 0 Å². The number of unbranched alkanes of at least 4 members (excludes halogenated alkanes) is 2. The molecule has 2 aliphatic carbocycles. The van der Waals surface area contributed by atoms with Gasteiger partial charge in [0.05, 0.1) is 35.7 Å². The summed E-state index contributed by atoms with van der Waals surface area (Å²) in [5.41, 5.74) is 13.6. The summed E-state index contributed by atoms with van der Waals surface area (Å²) in [6.45, 7) is 6.68. The van der Waals surface area contributed by atoms with Gasteiger partial charge in [-0.2, -0.15) is 0 Å². The predicted molar refractivity (Wildman–Crippen MR) is 421 cm³/mol. The van der Waals surface area contributed by atoms with Gasteiger partial charge in [-0.05, 0) is 162 Å². The SMILES string of the molecule is CCC(C(=O)Cc1ccc2cnccc2c1)c1ccc(COC(=O)CCC/C=C\C[C@@H]2[C@@H](/C=C/[C@@H](O)COc3cccc(C)c3)[C@H](O)C[C@@H]2O)cc1.Cc1cccc(OC[C@H](O)/C=C/[C@@H]2[C@@H](C/C=C\CCCC(=O)OCc3ccc(C(CN)C(=O)Cc4ccc5cnccc5c4)cc3)[C@@H](O)C[C@H]2O)c1.ClCCl. The number of aromatic nitrogens is 2. The summed E-state index contributed by atoms with van der Waals surface area (Å²) in [6.07, 6.45) is 23.8. The zero-order chi connectivity index (χ0) is 76.5. The molecule has 0 amide bonds. The maximum Gasteiger partial charge on any atom is 0.306 e. The van der Waals surface area contributed by atoms with Crippen LogP contribution in [-0.4, -0.2) is 126 Å². The number of hydrogen-bond donors (Lipinski definition) is 7. The van der Waals surface area contributed by atoms with Crippen molar-refractivity contribution in [3.8, 4) is 11.5 Å². The Hall–Kier alpha value is -8.72. The van der Waals surface area contributed by atoms with Crippen LogP contribution >= 0.6 is 23.2 Å². The Morgan fingerprint density at radius 2 is 0.935 bits per heavy atom. The average Bonchev–Trinajstić information content (AvgIpc) is 1.17. The van der Waals surface area contributed by atoms with Crippen LogP contribution in [0.1, 0.15) is 134 Å². The molecular weight excluding hydrogens is 1390 g/mol. The fraction of sp³-hybridized carbons (Fsp3) is 0.386. The van der Waals surface area contributed by atoms with Gasteiger partial charge in [0, 0.05) is 98.4 Å². The number of aliphatic hydroxyl groups excluding tert-OH is 6. The van der Waals surface area contributed by atoms with Crippen LogP contribution in [0, 0.1) is 37.5 Å². The van der Waals surface area contributed by atoms with Gasteiger partial charge >= 0.3 is 11.9 Å². The first kappa shape index (κ1) is 83.9. The Morgan fingerprint density at radius 1 is 0.523 bits per heavy atom. The van der Waals surface area contributed by atoms with Crippen molar-refractivity contribution in [2.24, 2.45) is 29.4 Å². The number of ether oxygens (including phenoxy) is 4. The summed E-state index contributed by atoms with van der Waals surface area (Å²) in [6, 6.07) is 46.3. The molecule has 19 heteroatoms. The van der Waals surface area contributed by atoms with Crippen molar-refractivity contribution in [3.63, 3.8) is 0 Å². The van der Waals surface area contributed by atoms with E-state index < -0.39 is 42.5 Å². The van der Waals surface area contributed by atoms with Crippen molar-refractivity contribution in [2.45, 2.75) is 166 Å². The molecule has 2 aliphatic rings. The number of aryl methyl sites for hydroxylation is 2. The molecule has 2 fully saturated rings. The number of alkyl halides is 2. The van der Waals surface area contributed by atoms with Gasteiger partial charge in [0.15, 0.2) is 0 Å².